The maximum absolute atomic E-state index is 13.5. The fourth-order valence-corrected chi connectivity index (χ4v) is 2.66. The molecule has 2 aromatic rings. The maximum atomic E-state index is 13.5. The molecule has 0 spiro atoms. The highest BCUT2D eigenvalue weighted by atomic mass is 35.5. The zero-order valence-electron chi connectivity index (χ0n) is 11.6. The number of carbonyl (C=O) groups excluding carboxylic acids is 1. The molecule has 6 heteroatoms. The number of amides is 1. The quantitative estimate of drug-likeness (QED) is 0.643. The molecular formula is C16H14ClFN2OS. The zero-order chi connectivity index (χ0) is 15.8. The Balaban J connectivity index is 1.77. The van der Waals surface area contributed by atoms with E-state index in [1.807, 2.05) is 30.3 Å². The Labute approximate surface area is 137 Å². The van der Waals surface area contributed by atoms with E-state index in [-0.39, 0.29) is 22.2 Å². The first-order valence-electron chi connectivity index (χ1n) is 6.54. The largest absolute Gasteiger partial charge is 0.272 e. The molecule has 3 nitrogen and oxygen atoms in total. The van der Waals surface area contributed by atoms with E-state index >= 15 is 0 Å². The summed E-state index contributed by atoms with van der Waals surface area (Å²) in [7, 11) is 0. The minimum absolute atomic E-state index is 0.154. The van der Waals surface area contributed by atoms with Gasteiger partial charge in [-0.2, -0.15) is 5.10 Å². The molecule has 0 saturated carbocycles. The van der Waals surface area contributed by atoms with Crippen LogP contribution in [0.2, 0.25) is 5.02 Å². The van der Waals surface area contributed by atoms with Gasteiger partial charge in [-0.1, -0.05) is 48.0 Å². The molecule has 0 fully saturated rings. The van der Waals surface area contributed by atoms with Gasteiger partial charge < -0.3 is 0 Å². The van der Waals surface area contributed by atoms with Crippen molar-refractivity contribution in [2.45, 2.75) is 5.75 Å². The predicted octanol–water partition coefficient (Wildman–Crippen LogP) is 3.86. The number of hydrogen-bond donors (Lipinski definition) is 1. The molecule has 0 heterocycles. The average molecular weight is 337 g/mol. The minimum atomic E-state index is -0.482. The number of halogens is 2. The smallest absolute Gasteiger partial charge is 0.250 e. The van der Waals surface area contributed by atoms with Crippen LogP contribution in [0.15, 0.2) is 53.6 Å². The molecule has 0 aliphatic heterocycles. The van der Waals surface area contributed by atoms with E-state index < -0.39 is 5.82 Å². The summed E-state index contributed by atoms with van der Waals surface area (Å²) in [6, 6.07) is 14.2. The summed E-state index contributed by atoms with van der Waals surface area (Å²) in [5.41, 5.74) is 3.66. The van der Waals surface area contributed by atoms with Crippen molar-refractivity contribution in [2.24, 2.45) is 5.10 Å². The van der Waals surface area contributed by atoms with Gasteiger partial charge in [-0.25, -0.2) is 9.82 Å². The third kappa shape index (κ3) is 5.16. The third-order valence-corrected chi connectivity index (χ3v) is 4.06. The van der Waals surface area contributed by atoms with E-state index in [2.05, 4.69) is 10.5 Å². The Bertz CT molecular complexity index is 644. The van der Waals surface area contributed by atoms with Gasteiger partial charge >= 0.3 is 0 Å². The molecule has 22 heavy (non-hydrogen) atoms. The van der Waals surface area contributed by atoms with Crippen LogP contribution in [0.4, 0.5) is 4.39 Å². The Morgan fingerprint density at radius 2 is 2.00 bits per heavy atom. The Kier molecular flexibility index (Phi) is 6.43. The molecule has 0 radical (unpaired) electrons. The topological polar surface area (TPSA) is 41.5 Å². The van der Waals surface area contributed by atoms with Crippen molar-refractivity contribution in [1.82, 2.24) is 5.43 Å². The Morgan fingerprint density at radius 3 is 2.73 bits per heavy atom. The second-order valence-electron chi connectivity index (χ2n) is 4.41. The molecule has 2 aromatic carbocycles. The number of benzene rings is 2. The second kappa shape index (κ2) is 8.56. The van der Waals surface area contributed by atoms with Gasteiger partial charge in [0.05, 0.1) is 17.0 Å². The van der Waals surface area contributed by atoms with E-state index in [9.17, 15) is 9.18 Å². The molecule has 114 valence electrons. The lowest BCUT2D eigenvalue weighted by Gasteiger charge is -2.02. The Morgan fingerprint density at radius 1 is 1.23 bits per heavy atom. The third-order valence-electron chi connectivity index (χ3n) is 2.73. The number of hydrazone groups is 1. The van der Waals surface area contributed by atoms with Crippen molar-refractivity contribution in [1.29, 1.82) is 0 Å². The van der Waals surface area contributed by atoms with Crippen LogP contribution in [0.3, 0.4) is 0 Å². The molecular weight excluding hydrogens is 323 g/mol. The van der Waals surface area contributed by atoms with Crippen LogP contribution in [-0.2, 0) is 10.5 Å². The molecule has 0 aliphatic carbocycles. The lowest BCUT2D eigenvalue weighted by atomic mass is 10.2. The van der Waals surface area contributed by atoms with Crippen molar-refractivity contribution in [3.05, 3.63) is 70.5 Å². The van der Waals surface area contributed by atoms with E-state index in [1.165, 1.54) is 30.1 Å². The standard InChI is InChI=1S/C16H14ClFN2OS/c17-14-7-4-8-15(18)13(14)9-19-20-16(21)11-22-10-12-5-2-1-3-6-12/h1-9H,10-11H2,(H,20,21)/b19-9-. The number of nitrogens with zero attached hydrogens (tertiary/aromatic N) is 1. The lowest BCUT2D eigenvalue weighted by molar-refractivity contribution is -0.118. The normalized spacial score (nSPS) is 10.8. The average Bonchev–Trinajstić information content (AvgIpc) is 2.51. The lowest BCUT2D eigenvalue weighted by Crippen LogP contribution is -2.19. The molecule has 0 atom stereocenters. The van der Waals surface area contributed by atoms with Crippen molar-refractivity contribution in [3.8, 4) is 0 Å². The molecule has 0 unspecified atom stereocenters. The number of hydrogen-bond acceptors (Lipinski definition) is 3. The highest BCUT2D eigenvalue weighted by molar-refractivity contribution is 7.99. The van der Waals surface area contributed by atoms with Gasteiger partial charge in [-0.05, 0) is 17.7 Å². The summed E-state index contributed by atoms with van der Waals surface area (Å²) in [6.07, 6.45) is 1.21. The molecule has 0 aromatic heterocycles. The van der Waals surface area contributed by atoms with Crippen LogP contribution in [0, 0.1) is 5.82 Å². The maximum Gasteiger partial charge on any atom is 0.250 e. The van der Waals surface area contributed by atoms with Gasteiger partial charge in [0.25, 0.3) is 0 Å². The van der Waals surface area contributed by atoms with Crippen LogP contribution < -0.4 is 5.43 Å². The summed E-state index contributed by atoms with van der Waals surface area (Å²) in [5.74, 6) is 0.294. The van der Waals surface area contributed by atoms with Crippen LogP contribution in [0.25, 0.3) is 0 Å². The predicted molar refractivity (Wildman–Crippen MR) is 89.8 cm³/mol. The number of nitrogens with one attached hydrogen (secondary N) is 1. The SMILES string of the molecule is O=C(CSCc1ccccc1)N/N=C\c1c(F)cccc1Cl. The summed E-state index contributed by atoms with van der Waals surface area (Å²) in [4.78, 5) is 11.6. The van der Waals surface area contributed by atoms with Gasteiger partial charge in [0.2, 0.25) is 5.91 Å². The summed E-state index contributed by atoms with van der Waals surface area (Å²) in [5, 5.41) is 3.97. The van der Waals surface area contributed by atoms with E-state index in [4.69, 9.17) is 11.6 Å². The van der Waals surface area contributed by atoms with E-state index in [0.717, 1.165) is 11.3 Å². The Hall–Kier alpha value is -1.85. The summed E-state index contributed by atoms with van der Waals surface area (Å²) < 4.78 is 13.5. The zero-order valence-corrected chi connectivity index (χ0v) is 13.2. The van der Waals surface area contributed by atoms with Crippen molar-refractivity contribution >= 4 is 35.5 Å². The highest BCUT2D eigenvalue weighted by Gasteiger charge is 2.04. The van der Waals surface area contributed by atoms with Crippen LogP contribution >= 0.6 is 23.4 Å². The number of rotatable bonds is 6. The van der Waals surface area contributed by atoms with E-state index in [1.54, 1.807) is 6.07 Å². The van der Waals surface area contributed by atoms with Gasteiger partial charge in [0, 0.05) is 11.3 Å². The van der Waals surface area contributed by atoms with E-state index in [0.29, 0.717) is 0 Å². The van der Waals surface area contributed by atoms with Crippen molar-refractivity contribution < 1.29 is 9.18 Å². The molecule has 0 aliphatic rings. The highest BCUT2D eigenvalue weighted by Crippen LogP contribution is 2.16. The van der Waals surface area contributed by atoms with Gasteiger partial charge in [-0.15, -0.1) is 11.8 Å². The van der Waals surface area contributed by atoms with Crippen molar-refractivity contribution in [3.63, 3.8) is 0 Å². The molecule has 2 rings (SSSR count). The number of thioether (sulfide) groups is 1. The van der Waals surface area contributed by atoms with Crippen LogP contribution in [0.5, 0.6) is 0 Å². The van der Waals surface area contributed by atoms with Crippen molar-refractivity contribution in [2.75, 3.05) is 5.75 Å². The van der Waals surface area contributed by atoms with Crippen LogP contribution in [-0.4, -0.2) is 17.9 Å². The molecule has 1 N–H and O–H groups in total. The van der Waals surface area contributed by atoms with Gasteiger partial charge in [-0.3, -0.25) is 4.79 Å². The van der Waals surface area contributed by atoms with Gasteiger partial charge in [0.15, 0.2) is 0 Å². The van der Waals surface area contributed by atoms with Gasteiger partial charge in [0.1, 0.15) is 5.82 Å². The molecule has 1 amide bonds. The monoisotopic (exact) mass is 336 g/mol. The first-order valence-corrected chi connectivity index (χ1v) is 8.07. The first-order chi connectivity index (χ1) is 10.7. The fraction of sp³-hybridized carbons (Fsp3) is 0.125. The fourth-order valence-electron chi connectivity index (χ4n) is 1.67. The second-order valence-corrected chi connectivity index (χ2v) is 5.80. The molecule has 0 bridgehead atoms. The summed E-state index contributed by atoms with van der Waals surface area (Å²) in [6.45, 7) is 0. The molecule has 0 saturated heterocycles. The first kappa shape index (κ1) is 16.5. The minimum Gasteiger partial charge on any atom is -0.272 e. The van der Waals surface area contributed by atoms with Crippen LogP contribution in [0.1, 0.15) is 11.1 Å². The number of carbonyl (C=O) groups is 1. The summed E-state index contributed by atoms with van der Waals surface area (Å²) >= 11 is 7.33.